The van der Waals surface area contributed by atoms with E-state index < -0.39 is 24.2 Å². The van der Waals surface area contributed by atoms with E-state index in [1.54, 1.807) is 0 Å². The van der Waals surface area contributed by atoms with E-state index in [1.807, 2.05) is 0 Å². The average Bonchev–Trinajstić information content (AvgIpc) is 2.36. The minimum absolute atomic E-state index is 0.187. The molecule has 0 saturated heterocycles. The fourth-order valence-electron chi connectivity index (χ4n) is 1.75. The lowest BCUT2D eigenvalue weighted by molar-refractivity contribution is -0.276. The predicted molar refractivity (Wildman–Crippen MR) is 64.1 cm³/mol. The Kier molecular flexibility index (Phi) is 4.20. The summed E-state index contributed by atoms with van der Waals surface area (Å²) in [4.78, 5) is 0. The number of hydrogen-bond donors (Lipinski definition) is 0. The maximum absolute atomic E-state index is 12.4. The van der Waals surface area contributed by atoms with Crippen molar-refractivity contribution in [3.05, 3.63) is 48.5 Å². The third-order valence-electron chi connectivity index (χ3n) is 2.45. The first-order valence-electron chi connectivity index (χ1n) is 5.77. The Morgan fingerprint density at radius 1 is 0.727 bits per heavy atom. The van der Waals surface area contributed by atoms with E-state index in [2.05, 4.69) is 15.5 Å². The third-order valence-corrected chi connectivity index (χ3v) is 2.45. The Balaban J connectivity index is 2.49. The first kappa shape index (κ1) is 16.0. The van der Waals surface area contributed by atoms with Crippen LogP contribution in [0.5, 0.6) is 11.5 Å². The maximum atomic E-state index is 12.4. The number of para-hydroxylation sites is 1. The molecule has 2 aromatic rings. The zero-order valence-corrected chi connectivity index (χ0v) is 10.6. The molecule has 2 aromatic carbocycles. The maximum Gasteiger partial charge on any atom is 0.573 e. The highest BCUT2D eigenvalue weighted by atomic mass is 19.4. The number of benzene rings is 2. The molecule has 1 radical (unpaired) electrons. The summed E-state index contributed by atoms with van der Waals surface area (Å²) in [5.74, 6) is -1.30. The molecule has 0 heterocycles. The van der Waals surface area contributed by atoms with Gasteiger partial charge in [-0.3, -0.25) is 0 Å². The van der Waals surface area contributed by atoms with Crippen molar-refractivity contribution in [1.29, 1.82) is 0 Å². The molecule has 0 atom stereocenters. The van der Waals surface area contributed by atoms with Crippen molar-refractivity contribution in [2.24, 2.45) is 0 Å². The summed E-state index contributed by atoms with van der Waals surface area (Å²) in [5, 5.41) is 0. The van der Waals surface area contributed by atoms with Crippen molar-refractivity contribution in [3.63, 3.8) is 0 Å². The van der Waals surface area contributed by atoms with Crippen LogP contribution in [0.1, 0.15) is 0 Å². The van der Waals surface area contributed by atoms with Crippen LogP contribution >= 0.6 is 0 Å². The van der Waals surface area contributed by atoms with Gasteiger partial charge in [-0.2, -0.15) is 0 Å². The summed E-state index contributed by atoms with van der Waals surface area (Å²) in [7, 11) is 0. The molecule has 0 amide bonds. The van der Waals surface area contributed by atoms with Crippen LogP contribution in [-0.2, 0) is 0 Å². The molecule has 0 aromatic heterocycles. The van der Waals surface area contributed by atoms with Gasteiger partial charge in [-0.25, -0.2) is 0 Å². The normalized spacial score (nSPS) is 12.1. The zero-order valence-electron chi connectivity index (χ0n) is 10.6. The molecule has 8 heteroatoms. The fraction of sp³-hybridized carbons (Fsp3) is 0.143. The van der Waals surface area contributed by atoms with Crippen molar-refractivity contribution in [1.82, 2.24) is 0 Å². The second-order valence-corrected chi connectivity index (χ2v) is 4.01. The van der Waals surface area contributed by atoms with Crippen molar-refractivity contribution in [2.75, 3.05) is 0 Å². The van der Waals surface area contributed by atoms with E-state index in [-0.39, 0.29) is 11.1 Å². The van der Waals surface area contributed by atoms with Crippen molar-refractivity contribution < 1.29 is 35.8 Å². The summed E-state index contributed by atoms with van der Waals surface area (Å²) in [6, 6.07) is 10.5. The minimum atomic E-state index is -4.98. The largest absolute Gasteiger partial charge is 0.573 e. The summed E-state index contributed by atoms with van der Waals surface area (Å²) >= 11 is 0. The highest BCUT2D eigenvalue weighted by molar-refractivity contribution is 5.75. The molecule has 0 aliphatic heterocycles. The molecule has 0 aliphatic carbocycles. The van der Waals surface area contributed by atoms with Crippen molar-refractivity contribution in [3.8, 4) is 22.6 Å². The van der Waals surface area contributed by atoms with Crippen LogP contribution in [-0.4, -0.2) is 12.7 Å². The fourth-order valence-corrected chi connectivity index (χ4v) is 1.75. The van der Waals surface area contributed by atoms with Gasteiger partial charge in [0.2, 0.25) is 0 Å². The van der Waals surface area contributed by atoms with Crippen molar-refractivity contribution in [2.45, 2.75) is 12.7 Å². The predicted octanol–water partition coefficient (Wildman–Crippen LogP) is 4.95. The third kappa shape index (κ3) is 4.31. The second kappa shape index (κ2) is 5.78. The Labute approximate surface area is 120 Å². The molecular weight excluding hydrogens is 314 g/mol. The topological polar surface area (TPSA) is 18.5 Å². The monoisotopic (exact) mass is 321 g/mol. The summed E-state index contributed by atoms with van der Waals surface area (Å²) in [6.45, 7) is 0. The summed E-state index contributed by atoms with van der Waals surface area (Å²) in [6.07, 6.45) is -9.95. The van der Waals surface area contributed by atoms with Crippen molar-refractivity contribution >= 4 is 0 Å². The Morgan fingerprint density at radius 3 is 1.91 bits per heavy atom. The zero-order chi connectivity index (χ0) is 16.4. The van der Waals surface area contributed by atoms with Crippen LogP contribution in [0.3, 0.4) is 0 Å². The standard InChI is InChI=1S/C14H7F6O2/c15-13(16,17)21-11-7-3-1-5-9(11)10-6-2-4-8-12(10)22-14(18,19)20/h1-3,5-8H. The molecule has 117 valence electrons. The average molecular weight is 321 g/mol. The van der Waals surface area contributed by atoms with Crippen LogP contribution in [0.2, 0.25) is 0 Å². The molecule has 0 bridgehead atoms. The van der Waals surface area contributed by atoms with Gasteiger partial charge in [0.25, 0.3) is 0 Å². The lowest BCUT2D eigenvalue weighted by Crippen LogP contribution is -2.19. The molecule has 0 spiro atoms. The molecular formula is C14H7F6O2. The Morgan fingerprint density at radius 2 is 1.27 bits per heavy atom. The van der Waals surface area contributed by atoms with Gasteiger partial charge >= 0.3 is 12.7 Å². The summed E-state index contributed by atoms with van der Waals surface area (Å²) < 4.78 is 81.8. The molecule has 0 saturated carbocycles. The van der Waals surface area contributed by atoms with Gasteiger partial charge in [0.1, 0.15) is 11.5 Å². The number of ether oxygens (including phenoxy) is 2. The van der Waals surface area contributed by atoms with Crippen LogP contribution in [0.15, 0.2) is 42.5 Å². The van der Waals surface area contributed by atoms with Gasteiger partial charge in [-0.1, -0.05) is 24.3 Å². The smallest absolute Gasteiger partial charge is 0.405 e. The van der Waals surface area contributed by atoms with Gasteiger partial charge in [-0.15, -0.1) is 26.3 Å². The molecule has 2 nitrogen and oxygen atoms in total. The Bertz CT molecular complexity index is 591. The number of alkyl halides is 6. The van der Waals surface area contributed by atoms with Crippen LogP contribution in [0.25, 0.3) is 11.1 Å². The number of halogens is 6. The van der Waals surface area contributed by atoms with E-state index in [4.69, 9.17) is 0 Å². The van der Waals surface area contributed by atoms with Gasteiger partial charge in [-0.05, 0) is 24.3 Å². The molecule has 0 aliphatic rings. The molecule has 0 N–H and O–H groups in total. The molecule has 2 rings (SSSR count). The van der Waals surface area contributed by atoms with E-state index in [1.165, 1.54) is 24.3 Å². The van der Waals surface area contributed by atoms with E-state index in [0.29, 0.717) is 0 Å². The lowest BCUT2D eigenvalue weighted by Gasteiger charge is -2.16. The first-order chi connectivity index (χ1) is 10.2. The van der Waals surface area contributed by atoms with Gasteiger partial charge in [0.05, 0.1) is 0 Å². The van der Waals surface area contributed by atoms with E-state index >= 15 is 0 Å². The van der Waals surface area contributed by atoms with E-state index in [9.17, 15) is 26.3 Å². The van der Waals surface area contributed by atoms with E-state index in [0.717, 1.165) is 18.2 Å². The van der Waals surface area contributed by atoms with Crippen LogP contribution in [0.4, 0.5) is 26.3 Å². The minimum Gasteiger partial charge on any atom is -0.405 e. The van der Waals surface area contributed by atoms with Gasteiger partial charge < -0.3 is 9.47 Å². The van der Waals surface area contributed by atoms with Crippen LogP contribution < -0.4 is 9.47 Å². The second-order valence-electron chi connectivity index (χ2n) is 4.01. The highest BCUT2D eigenvalue weighted by Gasteiger charge is 2.34. The highest BCUT2D eigenvalue weighted by Crippen LogP contribution is 2.39. The quantitative estimate of drug-likeness (QED) is 0.745. The first-order valence-corrected chi connectivity index (χ1v) is 5.77. The molecule has 0 fully saturated rings. The number of rotatable bonds is 3. The Hall–Kier alpha value is -2.38. The lowest BCUT2D eigenvalue weighted by atomic mass is 10.0. The molecule has 22 heavy (non-hydrogen) atoms. The van der Waals surface area contributed by atoms with Crippen LogP contribution in [0, 0.1) is 6.07 Å². The molecule has 0 unspecified atom stereocenters. The number of hydrogen-bond acceptors (Lipinski definition) is 2. The van der Waals surface area contributed by atoms with Gasteiger partial charge in [0, 0.05) is 11.1 Å². The van der Waals surface area contributed by atoms with Gasteiger partial charge in [0.15, 0.2) is 0 Å². The SMILES string of the molecule is FC(F)(F)Oc1c[c]ccc1-c1ccccc1OC(F)(F)F. The summed E-state index contributed by atoms with van der Waals surface area (Å²) in [5.41, 5.74) is -0.385.